The summed E-state index contributed by atoms with van der Waals surface area (Å²) in [5, 5.41) is 26.2. The number of fused-ring (bicyclic) bond motifs is 2. The zero-order valence-electron chi connectivity index (χ0n) is 23.8. The minimum atomic E-state index is -3.89. The zero-order valence-corrected chi connectivity index (χ0v) is 25.5. The second-order valence-corrected chi connectivity index (χ2v) is 13.6. The van der Waals surface area contributed by atoms with Gasteiger partial charge in [0.15, 0.2) is 23.3 Å². The number of hydrogen-bond acceptors (Lipinski definition) is 12. The molecule has 1 saturated heterocycles. The van der Waals surface area contributed by atoms with E-state index in [2.05, 4.69) is 20.0 Å². The number of alkyl halides is 2. The maximum Gasteiger partial charge on any atom is 0.323 e. The molecule has 0 spiro atoms. The Balaban J connectivity index is 1.47. The lowest BCUT2D eigenvalue weighted by Crippen LogP contribution is -2.53. The standard InChI is InChI=1S/C27H31F2N6O7PS/c1-14(2)40-25(38)15(3)34-43(44,42-18-10-6-8-16-7-4-5-9-17(16)18)39-11-27(26(28)29)21(37)20(36)24(41-27)35-13-33-19-22(30)31-12-32-23(19)35/h4-10,12-15,20-21,24,26,36-37H,11H2,1-3H3,(H,34,44)(H2,30,31,32)/t15-,20-,21-,24+,27+,43?/m0/s1. The summed E-state index contributed by atoms with van der Waals surface area (Å²) in [6, 6.07) is 11.3. The van der Waals surface area contributed by atoms with Crippen LogP contribution in [0, 0.1) is 0 Å². The van der Waals surface area contributed by atoms with Crippen molar-refractivity contribution in [2.45, 2.75) is 63.4 Å². The number of aliphatic hydroxyl groups is 2. The van der Waals surface area contributed by atoms with Crippen LogP contribution in [0.25, 0.3) is 21.9 Å². The van der Waals surface area contributed by atoms with Gasteiger partial charge < -0.3 is 34.5 Å². The number of halogens is 2. The maximum absolute atomic E-state index is 14.9. The highest BCUT2D eigenvalue weighted by molar-refractivity contribution is 8.09. The maximum atomic E-state index is 14.9. The van der Waals surface area contributed by atoms with E-state index in [4.69, 9.17) is 36.1 Å². The number of carbonyl (C=O) groups is 1. The summed E-state index contributed by atoms with van der Waals surface area (Å²) in [7, 11) is 0. The SMILES string of the molecule is CC(C)OC(=O)[C@H](C)NP(=S)(OC[C@@]1(C(F)F)O[C@@H](n2cnc3c(N)ncnc32)[C@@H](O)[C@@H]1O)Oc1cccc2ccccc12. The number of ether oxygens (including phenoxy) is 2. The molecule has 1 fully saturated rings. The van der Waals surface area contributed by atoms with Crippen LogP contribution in [0.2, 0.25) is 0 Å². The zero-order chi connectivity index (χ0) is 31.8. The van der Waals surface area contributed by atoms with E-state index in [-0.39, 0.29) is 22.7 Å². The van der Waals surface area contributed by atoms with Crippen molar-refractivity contribution in [1.29, 1.82) is 0 Å². The molecule has 44 heavy (non-hydrogen) atoms. The monoisotopic (exact) mass is 652 g/mol. The summed E-state index contributed by atoms with van der Waals surface area (Å²) in [6.07, 6.45) is -7.10. The molecule has 0 radical (unpaired) electrons. The topological polar surface area (TPSA) is 176 Å². The highest BCUT2D eigenvalue weighted by Gasteiger charge is 2.61. The predicted octanol–water partition coefficient (Wildman–Crippen LogP) is 3.07. The fraction of sp³-hybridized carbons (Fsp3) is 0.407. The molecule has 6 atom stereocenters. The molecule has 4 aromatic rings. The van der Waals surface area contributed by atoms with Crippen LogP contribution in [0.15, 0.2) is 55.1 Å². The van der Waals surface area contributed by atoms with Crippen molar-refractivity contribution in [3.63, 3.8) is 0 Å². The van der Waals surface area contributed by atoms with E-state index < -0.39 is 61.8 Å². The summed E-state index contributed by atoms with van der Waals surface area (Å²) in [5.41, 5.74) is 3.28. The lowest BCUT2D eigenvalue weighted by Gasteiger charge is -2.34. The van der Waals surface area contributed by atoms with Gasteiger partial charge in [-0.2, -0.15) is 0 Å². The Morgan fingerprint density at radius 2 is 1.91 bits per heavy atom. The van der Waals surface area contributed by atoms with Crippen LogP contribution in [-0.4, -0.2) is 78.7 Å². The fourth-order valence-electron chi connectivity index (χ4n) is 4.75. The van der Waals surface area contributed by atoms with Gasteiger partial charge in [0, 0.05) is 5.39 Å². The van der Waals surface area contributed by atoms with Crippen LogP contribution in [0.1, 0.15) is 27.0 Å². The van der Waals surface area contributed by atoms with Crippen LogP contribution in [0.4, 0.5) is 14.6 Å². The quantitative estimate of drug-likeness (QED) is 0.138. The average Bonchev–Trinajstić information content (AvgIpc) is 3.52. The number of nitrogen functional groups attached to an aromatic ring is 1. The van der Waals surface area contributed by atoms with Crippen LogP contribution >= 0.6 is 6.64 Å². The Kier molecular flexibility index (Phi) is 9.14. The molecule has 1 aliphatic rings. The molecule has 0 bridgehead atoms. The third-order valence-corrected chi connectivity index (χ3v) is 9.44. The van der Waals surface area contributed by atoms with Gasteiger partial charge in [-0.1, -0.05) is 36.4 Å². The number of aromatic nitrogens is 4. The van der Waals surface area contributed by atoms with Crippen molar-refractivity contribution in [3.05, 3.63) is 55.1 Å². The first-order chi connectivity index (χ1) is 20.8. The number of benzene rings is 2. The Morgan fingerprint density at radius 1 is 1.18 bits per heavy atom. The van der Waals surface area contributed by atoms with Crippen molar-refractivity contribution >= 4 is 52.2 Å². The second-order valence-electron chi connectivity index (χ2n) is 10.5. The van der Waals surface area contributed by atoms with E-state index in [0.29, 0.717) is 5.39 Å². The molecule has 0 amide bonds. The number of hydrogen-bond donors (Lipinski definition) is 4. The van der Waals surface area contributed by atoms with Gasteiger partial charge in [0.2, 0.25) is 0 Å². The minimum Gasteiger partial charge on any atom is -0.462 e. The van der Waals surface area contributed by atoms with E-state index in [1.54, 1.807) is 38.1 Å². The van der Waals surface area contributed by atoms with Gasteiger partial charge in [-0.3, -0.25) is 9.36 Å². The normalized spacial score (nSPS) is 24.2. The van der Waals surface area contributed by atoms with Crippen molar-refractivity contribution in [2.75, 3.05) is 12.3 Å². The Bertz CT molecular complexity index is 1710. The Labute approximate surface area is 255 Å². The molecule has 236 valence electrons. The van der Waals surface area contributed by atoms with Crippen molar-refractivity contribution in [1.82, 2.24) is 24.6 Å². The van der Waals surface area contributed by atoms with E-state index in [0.717, 1.165) is 16.3 Å². The number of nitrogens with one attached hydrogen (secondary N) is 1. The molecular weight excluding hydrogens is 621 g/mol. The Morgan fingerprint density at radius 3 is 2.64 bits per heavy atom. The predicted molar refractivity (Wildman–Crippen MR) is 159 cm³/mol. The number of nitrogens with zero attached hydrogens (tertiary/aromatic N) is 4. The van der Waals surface area contributed by atoms with Crippen molar-refractivity contribution < 1.29 is 42.3 Å². The smallest absolute Gasteiger partial charge is 0.323 e. The van der Waals surface area contributed by atoms with Gasteiger partial charge in [0.25, 0.3) is 6.43 Å². The Hall–Kier alpha value is -3.37. The number of anilines is 1. The molecule has 17 heteroatoms. The van der Waals surface area contributed by atoms with Crippen LogP contribution < -0.4 is 15.3 Å². The van der Waals surface area contributed by atoms with Gasteiger partial charge in [-0.25, -0.2) is 28.8 Å². The molecule has 13 nitrogen and oxygen atoms in total. The lowest BCUT2D eigenvalue weighted by atomic mass is 9.96. The van der Waals surface area contributed by atoms with Gasteiger partial charge in [-0.05, 0) is 44.0 Å². The summed E-state index contributed by atoms with van der Waals surface area (Å²) >= 11 is 5.74. The van der Waals surface area contributed by atoms with Crippen LogP contribution in [-0.2, 0) is 30.6 Å². The average molecular weight is 653 g/mol. The summed E-state index contributed by atoms with van der Waals surface area (Å²) in [6.45, 7) is -0.127. The second kappa shape index (κ2) is 12.6. The summed E-state index contributed by atoms with van der Waals surface area (Å²) in [5.74, 6) is -0.390. The highest BCUT2D eigenvalue weighted by atomic mass is 32.5. The van der Waals surface area contributed by atoms with Gasteiger partial charge >= 0.3 is 12.6 Å². The number of rotatable bonds is 11. The molecule has 3 heterocycles. The molecule has 0 aliphatic carbocycles. The van der Waals surface area contributed by atoms with E-state index in [9.17, 15) is 23.8 Å². The molecule has 1 aliphatic heterocycles. The first-order valence-electron chi connectivity index (χ1n) is 13.5. The number of aliphatic hydroxyl groups excluding tert-OH is 2. The molecule has 5 N–H and O–H groups in total. The largest absolute Gasteiger partial charge is 0.462 e. The van der Waals surface area contributed by atoms with Gasteiger partial charge in [-0.15, -0.1) is 0 Å². The molecular formula is C27H31F2N6O7PS. The molecule has 0 saturated carbocycles. The number of imidazole rings is 1. The fourth-order valence-corrected chi connectivity index (χ4v) is 7.18. The lowest BCUT2D eigenvalue weighted by molar-refractivity contribution is -0.191. The summed E-state index contributed by atoms with van der Waals surface area (Å²) < 4.78 is 53.9. The van der Waals surface area contributed by atoms with Crippen LogP contribution in [0.5, 0.6) is 5.75 Å². The van der Waals surface area contributed by atoms with Crippen molar-refractivity contribution in [2.24, 2.45) is 0 Å². The number of carbonyl (C=O) groups excluding carboxylic acids is 1. The summed E-state index contributed by atoms with van der Waals surface area (Å²) in [4.78, 5) is 24.6. The molecule has 2 aromatic heterocycles. The molecule has 2 aromatic carbocycles. The van der Waals surface area contributed by atoms with E-state index >= 15 is 0 Å². The minimum absolute atomic E-state index is 0.0210. The van der Waals surface area contributed by atoms with Crippen molar-refractivity contribution in [3.8, 4) is 5.75 Å². The first-order valence-corrected chi connectivity index (χ1v) is 16.1. The van der Waals surface area contributed by atoms with E-state index in [1.807, 2.05) is 18.2 Å². The van der Waals surface area contributed by atoms with E-state index in [1.165, 1.54) is 13.3 Å². The number of esters is 1. The third-order valence-electron chi connectivity index (χ3n) is 6.97. The van der Waals surface area contributed by atoms with Gasteiger partial charge in [0.1, 0.15) is 35.8 Å². The third kappa shape index (κ3) is 6.11. The highest BCUT2D eigenvalue weighted by Crippen LogP contribution is 2.50. The van der Waals surface area contributed by atoms with Gasteiger partial charge in [0.05, 0.1) is 19.0 Å². The number of nitrogens with two attached hydrogens (primary N) is 1. The van der Waals surface area contributed by atoms with Crippen LogP contribution in [0.3, 0.4) is 0 Å². The molecule has 5 rings (SSSR count). The molecule has 1 unspecified atom stereocenters. The first kappa shape index (κ1) is 32.0.